The van der Waals surface area contributed by atoms with Gasteiger partial charge in [-0.3, -0.25) is 25.0 Å². The topological polar surface area (TPSA) is 150 Å². The van der Waals surface area contributed by atoms with Crippen LogP contribution in [0.2, 0.25) is 0 Å². The van der Waals surface area contributed by atoms with Gasteiger partial charge in [0.05, 0.1) is 15.4 Å². The number of nitro benzene ring substituents is 2. The quantitative estimate of drug-likeness (QED) is 0.560. The van der Waals surface area contributed by atoms with Crippen LogP contribution in [-0.4, -0.2) is 20.9 Å². The molecule has 0 bridgehead atoms. The monoisotopic (exact) mass is 227 g/mol. The molecule has 16 heavy (non-hydrogen) atoms. The Morgan fingerprint density at radius 2 is 1.56 bits per heavy atom. The lowest BCUT2D eigenvalue weighted by atomic mass is 10.1. The summed E-state index contributed by atoms with van der Waals surface area (Å²) in [6, 6.07) is 1.34. The third kappa shape index (κ3) is 1.87. The Morgan fingerprint density at radius 3 is 1.81 bits per heavy atom. The standard InChI is InChI=1S/C7H5N3O6/c8-7(12)3-1-4(9(13)14)6(11)5(2-3)10(15)16/h1-2,11H,(H2,8,12). The molecule has 9 heteroatoms. The van der Waals surface area contributed by atoms with Gasteiger partial charge in [0.2, 0.25) is 5.91 Å². The number of hydrogen-bond acceptors (Lipinski definition) is 6. The molecule has 0 atom stereocenters. The molecule has 0 heterocycles. The summed E-state index contributed by atoms with van der Waals surface area (Å²) in [5.74, 6) is -2.17. The van der Waals surface area contributed by atoms with Crippen molar-refractivity contribution < 1.29 is 19.7 Å². The van der Waals surface area contributed by atoms with E-state index in [0.717, 1.165) is 0 Å². The van der Waals surface area contributed by atoms with E-state index in [4.69, 9.17) is 5.73 Å². The first-order valence-electron chi connectivity index (χ1n) is 3.80. The van der Waals surface area contributed by atoms with Gasteiger partial charge in [-0.05, 0) is 0 Å². The maximum atomic E-state index is 10.8. The molecule has 1 aromatic carbocycles. The largest absolute Gasteiger partial charge is 0.497 e. The first-order chi connectivity index (χ1) is 7.34. The lowest BCUT2D eigenvalue weighted by Crippen LogP contribution is -2.11. The highest BCUT2D eigenvalue weighted by molar-refractivity contribution is 5.95. The minimum atomic E-state index is -1.11. The number of carbonyl (C=O) groups is 1. The van der Waals surface area contributed by atoms with Crippen LogP contribution in [0.25, 0.3) is 0 Å². The molecule has 0 unspecified atom stereocenters. The Morgan fingerprint density at radius 1 is 1.19 bits per heavy atom. The van der Waals surface area contributed by atoms with E-state index in [-0.39, 0.29) is 0 Å². The summed E-state index contributed by atoms with van der Waals surface area (Å²) < 4.78 is 0. The summed E-state index contributed by atoms with van der Waals surface area (Å²) in [4.78, 5) is 29.5. The van der Waals surface area contributed by atoms with E-state index in [9.17, 15) is 30.1 Å². The van der Waals surface area contributed by atoms with Crippen molar-refractivity contribution in [3.63, 3.8) is 0 Å². The Kier molecular flexibility index (Phi) is 2.70. The summed E-state index contributed by atoms with van der Waals surface area (Å²) in [7, 11) is 0. The van der Waals surface area contributed by atoms with Crippen molar-refractivity contribution in [2.75, 3.05) is 0 Å². The van der Waals surface area contributed by atoms with Crippen LogP contribution in [0, 0.1) is 20.2 Å². The van der Waals surface area contributed by atoms with Gasteiger partial charge in [0.15, 0.2) is 0 Å². The van der Waals surface area contributed by atoms with E-state index in [2.05, 4.69) is 0 Å². The van der Waals surface area contributed by atoms with Crippen LogP contribution in [0.15, 0.2) is 12.1 Å². The zero-order valence-electron chi connectivity index (χ0n) is 7.61. The van der Waals surface area contributed by atoms with Crippen LogP contribution in [0.5, 0.6) is 5.75 Å². The average molecular weight is 227 g/mol. The maximum Gasteiger partial charge on any atom is 0.318 e. The lowest BCUT2D eigenvalue weighted by molar-refractivity contribution is -0.396. The van der Waals surface area contributed by atoms with E-state index in [0.29, 0.717) is 12.1 Å². The fourth-order valence-electron chi connectivity index (χ4n) is 1.02. The smallest absolute Gasteiger partial charge is 0.318 e. The summed E-state index contributed by atoms with van der Waals surface area (Å²) >= 11 is 0. The number of rotatable bonds is 3. The van der Waals surface area contributed by atoms with Gasteiger partial charge in [-0.1, -0.05) is 0 Å². The molecule has 1 aromatic rings. The maximum absolute atomic E-state index is 10.8. The van der Waals surface area contributed by atoms with Crippen molar-refractivity contribution in [3.8, 4) is 5.75 Å². The lowest BCUT2D eigenvalue weighted by Gasteiger charge is -2.00. The highest BCUT2D eigenvalue weighted by Gasteiger charge is 2.27. The van der Waals surface area contributed by atoms with Crippen LogP contribution in [0.3, 0.4) is 0 Å². The number of amides is 1. The van der Waals surface area contributed by atoms with Crippen molar-refractivity contribution in [2.24, 2.45) is 5.73 Å². The van der Waals surface area contributed by atoms with Crippen molar-refractivity contribution in [1.29, 1.82) is 0 Å². The number of phenolic OH excluding ortho intramolecular Hbond substituents is 1. The third-order valence-corrected chi connectivity index (χ3v) is 1.75. The summed E-state index contributed by atoms with van der Waals surface area (Å²) in [5, 5.41) is 30.1. The van der Waals surface area contributed by atoms with Crippen LogP contribution in [0.4, 0.5) is 11.4 Å². The van der Waals surface area contributed by atoms with Crippen LogP contribution in [-0.2, 0) is 0 Å². The molecule has 0 aliphatic carbocycles. The molecule has 0 saturated carbocycles. The predicted octanol–water partition coefficient (Wildman–Crippen LogP) is 0.307. The second-order valence-corrected chi connectivity index (χ2v) is 2.74. The fraction of sp³-hybridized carbons (Fsp3) is 0. The molecule has 0 fully saturated rings. The first kappa shape index (κ1) is 11.4. The summed E-state index contributed by atoms with van der Waals surface area (Å²) in [6.45, 7) is 0. The number of phenols is 1. The number of nitro groups is 2. The SMILES string of the molecule is NC(=O)c1cc([N+](=O)[O-])c(O)c([N+](=O)[O-])c1. The highest BCUT2D eigenvalue weighted by Crippen LogP contribution is 2.36. The zero-order valence-corrected chi connectivity index (χ0v) is 7.61. The zero-order chi connectivity index (χ0) is 12.5. The molecule has 1 amide bonds. The molecular weight excluding hydrogens is 222 g/mol. The minimum Gasteiger partial charge on any atom is -0.497 e. The predicted molar refractivity (Wildman–Crippen MR) is 49.9 cm³/mol. The number of nitrogens with zero attached hydrogens (tertiary/aromatic N) is 2. The van der Waals surface area contributed by atoms with Crippen molar-refractivity contribution >= 4 is 17.3 Å². The van der Waals surface area contributed by atoms with E-state index in [1.807, 2.05) is 0 Å². The molecule has 0 aliphatic heterocycles. The van der Waals surface area contributed by atoms with Gasteiger partial charge < -0.3 is 10.8 Å². The van der Waals surface area contributed by atoms with Crippen molar-refractivity contribution in [2.45, 2.75) is 0 Å². The van der Waals surface area contributed by atoms with E-state index < -0.39 is 38.4 Å². The van der Waals surface area contributed by atoms with Crippen LogP contribution >= 0.6 is 0 Å². The second kappa shape index (κ2) is 3.81. The molecule has 3 N–H and O–H groups in total. The second-order valence-electron chi connectivity index (χ2n) is 2.74. The third-order valence-electron chi connectivity index (χ3n) is 1.75. The minimum absolute atomic E-state index is 0.420. The molecule has 0 aliphatic rings. The Bertz CT molecular complexity index is 462. The number of carbonyl (C=O) groups excluding carboxylic acids is 1. The molecule has 0 saturated heterocycles. The van der Waals surface area contributed by atoms with Gasteiger partial charge in [0.1, 0.15) is 0 Å². The summed E-state index contributed by atoms with van der Waals surface area (Å²) in [6.07, 6.45) is 0. The molecule has 0 radical (unpaired) electrons. The summed E-state index contributed by atoms with van der Waals surface area (Å²) in [5.41, 5.74) is 2.53. The van der Waals surface area contributed by atoms with Gasteiger partial charge in [-0.2, -0.15) is 0 Å². The number of aromatic hydroxyl groups is 1. The normalized spacial score (nSPS) is 9.75. The van der Waals surface area contributed by atoms with E-state index in [1.165, 1.54) is 0 Å². The molecular formula is C7H5N3O6. The molecule has 9 nitrogen and oxygen atoms in total. The van der Waals surface area contributed by atoms with E-state index >= 15 is 0 Å². The van der Waals surface area contributed by atoms with Crippen molar-refractivity contribution in [1.82, 2.24) is 0 Å². The van der Waals surface area contributed by atoms with E-state index in [1.54, 1.807) is 0 Å². The average Bonchev–Trinajstić information content (AvgIpc) is 2.16. The van der Waals surface area contributed by atoms with Gasteiger partial charge in [0, 0.05) is 12.1 Å². The Hall–Kier alpha value is -2.71. The van der Waals surface area contributed by atoms with Crippen LogP contribution in [0.1, 0.15) is 10.4 Å². The Labute approximate surface area is 87.4 Å². The fourth-order valence-corrected chi connectivity index (χ4v) is 1.02. The van der Waals surface area contributed by atoms with Crippen LogP contribution < -0.4 is 5.73 Å². The van der Waals surface area contributed by atoms with Gasteiger partial charge in [-0.15, -0.1) is 0 Å². The van der Waals surface area contributed by atoms with Gasteiger partial charge >= 0.3 is 11.4 Å². The molecule has 1 rings (SSSR count). The van der Waals surface area contributed by atoms with Gasteiger partial charge in [-0.25, -0.2) is 0 Å². The molecule has 84 valence electrons. The number of nitrogens with two attached hydrogens (primary N) is 1. The Balaban J connectivity index is 3.57. The highest BCUT2D eigenvalue weighted by atomic mass is 16.6. The number of benzene rings is 1. The van der Waals surface area contributed by atoms with Gasteiger partial charge in [0.25, 0.3) is 5.75 Å². The molecule has 0 aromatic heterocycles. The molecule has 0 spiro atoms. The number of hydrogen-bond donors (Lipinski definition) is 2. The number of primary amides is 1. The van der Waals surface area contributed by atoms with Crippen molar-refractivity contribution in [3.05, 3.63) is 37.9 Å². The first-order valence-corrected chi connectivity index (χ1v) is 3.80.